The Morgan fingerprint density at radius 1 is 1.08 bits per heavy atom. The molecule has 0 heterocycles. The second-order valence-corrected chi connectivity index (χ2v) is 6.73. The van der Waals surface area contributed by atoms with Crippen molar-refractivity contribution in [2.24, 2.45) is 5.92 Å². The van der Waals surface area contributed by atoms with E-state index in [1.165, 1.54) is 12.1 Å². The Morgan fingerprint density at radius 3 is 2.36 bits per heavy atom. The summed E-state index contributed by atoms with van der Waals surface area (Å²) in [7, 11) is 0. The first-order chi connectivity index (χ1) is 12.0. The molecule has 0 amide bonds. The number of Topliss-reactive ketones (excluding diaryl/α,β-unsaturated/α-hetero) is 1. The standard InChI is InChI=1S/C19H19ClN2O3/c20-14-7-9-15(10-8-14)21-19(17-3-1-2-4-18(17)23)13-5-11-16(12-6-13)22(24)25/h5-12,17,19,21H,1-4H2. The van der Waals surface area contributed by atoms with Crippen molar-refractivity contribution in [3.05, 3.63) is 69.2 Å². The van der Waals surface area contributed by atoms with E-state index in [1.807, 2.05) is 12.1 Å². The van der Waals surface area contributed by atoms with Gasteiger partial charge in [-0.25, -0.2) is 0 Å². The summed E-state index contributed by atoms with van der Waals surface area (Å²) in [6, 6.07) is 13.5. The van der Waals surface area contributed by atoms with Gasteiger partial charge in [0, 0.05) is 35.2 Å². The van der Waals surface area contributed by atoms with Gasteiger partial charge >= 0.3 is 0 Å². The fraction of sp³-hybridized carbons (Fsp3) is 0.316. The number of nitrogens with one attached hydrogen (secondary N) is 1. The van der Waals surface area contributed by atoms with Crippen LogP contribution in [-0.2, 0) is 4.79 Å². The number of nitrogens with zero attached hydrogens (tertiary/aromatic N) is 1. The van der Waals surface area contributed by atoms with E-state index in [1.54, 1.807) is 24.3 Å². The Labute approximate surface area is 151 Å². The molecule has 25 heavy (non-hydrogen) atoms. The summed E-state index contributed by atoms with van der Waals surface area (Å²) in [6.07, 6.45) is 3.36. The topological polar surface area (TPSA) is 72.2 Å². The van der Waals surface area contributed by atoms with Gasteiger partial charge in [0.15, 0.2) is 0 Å². The van der Waals surface area contributed by atoms with Crippen molar-refractivity contribution in [2.75, 3.05) is 5.32 Å². The minimum absolute atomic E-state index is 0.0453. The summed E-state index contributed by atoms with van der Waals surface area (Å²) in [5.41, 5.74) is 1.79. The summed E-state index contributed by atoms with van der Waals surface area (Å²) < 4.78 is 0. The highest BCUT2D eigenvalue weighted by Crippen LogP contribution is 2.35. The van der Waals surface area contributed by atoms with Gasteiger partial charge in [0.25, 0.3) is 5.69 Å². The third-order valence-corrected chi connectivity index (χ3v) is 4.89. The molecule has 1 saturated carbocycles. The average molecular weight is 359 g/mol. The number of non-ortho nitro benzene ring substituents is 1. The van der Waals surface area contributed by atoms with E-state index >= 15 is 0 Å². The number of benzene rings is 2. The molecule has 130 valence electrons. The van der Waals surface area contributed by atoms with E-state index in [0.717, 1.165) is 30.5 Å². The van der Waals surface area contributed by atoms with E-state index in [4.69, 9.17) is 11.6 Å². The van der Waals surface area contributed by atoms with Gasteiger partial charge in [-0.05, 0) is 42.7 Å². The fourth-order valence-electron chi connectivity index (χ4n) is 3.31. The van der Waals surface area contributed by atoms with Gasteiger partial charge in [-0.1, -0.05) is 30.2 Å². The maximum absolute atomic E-state index is 12.5. The van der Waals surface area contributed by atoms with E-state index in [9.17, 15) is 14.9 Å². The first-order valence-electron chi connectivity index (χ1n) is 8.34. The monoisotopic (exact) mass is 358 g/mol. The lowest BCUT2D eigenvalue weighted by Crippen LogP contribution is -2.30. The lowest BCUT2D eigenvalue weighted by molar-refractivity contribution is -0.384. The molecule has 1 fully saturated rings. The molecule has 0 bridgehead atoms. The molecule has 1 aliphatic rings. The van der Waals surface area contributed by atoms with E-state index in [-0.39, 0.29) is 23.4 Å². The molecule has 1 N–H and O–H groups in total. The molecule has 5 nitrogen and oxygen atoms in total. The first-order valence-corrected chi connectivity index (χ1v) is 8.71. The van der Waals surface area contributed by atoms with E-state index < -0.39 is 4.92 Å². The number of nitro groups is 1. The third-order valence-electron chi connectivity index (χ3n) is 4.63. The normalized spacial score (nSPS) is 18.6. The molecule has 0 spiro atoms. The predicted molar refractivity (Wildman–Crippen MR) is 97.9 cm³/mol. The van der Waals surface area contributed by atoms with Crippen molar-refractivity contribution in [2.45, 2.75) is 31.7 Å². The molecule has 2 aromatic rings. The van der Waals surface area contributed by atoms with Gasteiger partial charge in [-0.3, -0.25) is 14.9 Å². The molecule has 0 radical (unpaired) electrons. The molecule has 6 heteroatoms. The van der Waals surface area contributed by atoms with Crippen molar-refractivity contribution in [1.82, 2.24) is 0 Å². The smallest absolute Gasteiger partial charge is 0.269 e. The van der Waals surface area contributed by atoms with Crippen LogP contribution in [-0.4, -0.2) is 10.7 Å². The molecule has 0 aromatic heterocycles. The maximum Gasteiger partial charge on any atom is 0.269 e. The number of anilines is 1. The van der Waals surface area contributed by atoms with Crippen LogP contribution >= 0.6 is 11.6 Å². The van der Waals surface area contributed by atoms with Crippen molar-refractivity contribution in [3.63, 3.8) is 0 Å². The minimum Gasteiger partial charge on any atom is -0.378 e. The highest BCUT2D eigenvalue weighted by Gasteiger charge is 2.31. The Balaban J connectivity index is 1.91. The van der Waals surface area contributed by atoms with Crippen LogP contribution in [0.5, 0.6) is 0 Å². The molecule has 0 aliphatic heterocycles. The minimum atomic E-state index is -0.419. The summed E-state index contributed by atoms with van der Waals surface area (Å²) >= 11 is 5.94. The van der Waals surface area contributed by atoms with Crippen molar-refractivity contribution < 1.29 is 9.72 Å². The lowest BCUT2D eigenvalue weighted by atomic mass is 9.80. The predicted octanol–water partition coefficient (Wildman–Crippen LogP) is 5.16. The Bertz CT molecular complexity index is 759. The van der Waals surface area contributed by atoms with Crippen molar-refractivity contribution in [3.8, 4) is 0 Å². The van der Waals surface area contributed by atoms with Crippen molar-refractivity contribution in [1.29, 1.82) is 0 Å². The Hall–Kier alpha value is -2.40. The summed E-state index contributed by atoms with van der Waals surface area (Å²) in [4.78, 5) is 22.9. The third kappa shape index (κ3) is 4.17. The Kier molecular flexibility index (Phi) is 5.34. The zero-order chi connectivity index (χ0) is 17.8. The highest BCUT2D eigenvalue weighted by atomic mass is 35.5. The van der Waals surface area contributed by atoms with Crippen LogP contribution in [0.2, 0.25) is 5.02 Å². The zero-order valence-corrected chi connectivity index (χ0v) is 14.4. The molecule has 3 rings (SSSR count). The number of nitro benzene ring substituents is 1. The molecular weight excluding hydrogens is 340 g/mol. The second kappa shape index (κ2) is 7.66. The van der Waals surface area contributed by atoms with Crippen molar-refractivity contribution >= 4 is 28.8 Å². The van der Waals surface area contributed by atoms with Gasteiger partial charge < -0.3 is 5.32 Å². The van der Waals surface area contributed by atoms with Gasteiger partial charge in [-0.2, -0.15) is 0 Å². The van der Waals surface area contributed by atoms with Crippen LogP contribution in [0, 0.1) is 16.0 Å². The lowest BCUT2D eigenvalue weighted by Gasteiger charge is -2.31. The molecule has 1 aliphatic carbocycles. The van der Waals surface area contributed by atoms with Gasteiger partial charge in [0.05, 0.1) is 11.0 Å². The zero-order valence-electron chi connectivity index (χ0n) is 13.7. The largest absolute Gasteiger partial charge is 0.378 e. The average Bonchev–Trinajstić information content (AvgIpc) is 2.62. The van der Waals surface area contributed by atoms with Gasteiger partial charge in [0.1, 0.15) is 5.78 Å². The highest BCUT2D eigenvalue weighted by molar-refractivity contribution is 6.30. The Morgan fingerprint density at radius 2 is 1.76 bits per heavy atom. The SMILES string of the molecule is O=C1CCCCC1C(Nc1ccc(Cl)cc1)c1ccc([N+](=O)[O-])cc1. The number of ketones is 1. The van der Waals surface area contributed by atoms with Crippen LogP contribution in [0.15, 0.2) is 48.5 Å². The second-order valence-electron chi connectivity index (χ2n) is 6.30. The number of rotatable bonds is 5. The molecule has 0 saturated heterocycles. The summed E-state index contributed by atoms with van der Waals surface area (Å²) in [5.74, 6) is 0.113. The van der Waals surface area contributed by atoms with Crippen LogP contribution < -0.4 is 5.32 Å². The number of carbonyl (C=O) groups excluding carboxylic acids is 1. The van der Waals surface area contributed by atoms with Crippen LogP contribution in [0.25, 0.3) is 0 Å². The number of carbonyl (C=O) groups is 1. The van der Waals surface area contributed by atoms with E-state index in [0.29, 0.717) is 11.4 Å². The van der Waals surface area contributed by atoms with Crippen LogP contribution in [0.1, 0.15) is 37.3 Å². The summed E-state index contributed by atoms with van der Waals surface area (Å²) in [6.45, 7) is 0. The summed E-state index contributed by atoms with van der Waals surface area (Å²) in [5, 5.41) is 14.9. The van der Waals surface area contributed by atoms with Gasteiger partial charge in [-0.15, -0.1) is 0 Å². The molecule has 2 atom stereocenters. The first kappa shape index (κ1) is 17.4. The quantitative estimate of drug-likeness (QED) is 0.591. The number of hydrogen-bond donors (Lipinski definition) is 1. The molecule has 2 unspecified atom stereocenters. The van der Waals surface area contributed by atoms with Crippen LogP contribution in [0.4, 0.5) is 11.4 Å². The number of halogens is 1. The number of hydrogen-bond acceptors (Lipinski definition) is 4. The molecule has 2 aromatic carbocycles. The molecular formula is C19H19ClN2O3. The van der Waals surface area contributed by atoms with E-state index in [2.05, 4.69) is 5.32 Å². The fourth-order valence-corrected chi connectivity index (χ4v) is 3.43. The maximum atomic E-state index is 12.5. The van der Waals surface area contributed by atoms with Crippen LogP contribution in [0.3, 0.4) is 0 Å². The van der Waals surface area contributed by atoms with Gasteiger partial charge in [0.2, 0.25) is 0 Å².